The number of fused-ring (bicyclic) bond motifs is 4. The molecule has 2 saturated heterocycles. The highest BCUT2D eigenvalue weighted by molar-refractivity contribution is 7.90. The number of hydrogen-bond acceptors (Lipinski definition) is 7. The topological polar surface area (TPSA) is 91.9 Å². The molecule has 5 unspecified atom stereocenters. The molecule has 0 radical (unpaired) electrons. The summed E-state index contributed by atoms with van der Waals surface area (Å²) in [5.41, 5.74) is 3.66. The van der Waals surface area contributed by atoms with Gasteiger partial charge in [-0.05, 0) is 87.4 Å². The Morgan fingerprint density at radius 3 is 2.59 bits per heavy atom. The molecule has 8 nitrogen and oxygen atoms in total. The first-order valence-electron chi connectivity index (χ1n) is 15.1. The van der Waals surface area contributed by atoms with Crippen LogP contribution in [0.2, 0.25) is 0 Å². The Balaban J connectivity index is 1.63. The summed E-state index contributed by atoms with van der Waals surface area (Å²) in [6, 6.07) is 6.63. The molecule has 2 aliphatic heterocycles. The highest BCUT2D eigenvalue weighted by Crippen LogP contribution is 2.33. The summed E-state index contributed by atoms with van der Waals surface area (Å²) in [6.45, 7) is 12.2. The average molecular weight is 565 g/mol. The van der Waals surface area contributed by atoms with Crippen LogP contribution in [0.15, 0.2) is 18.2 Å². The minimum Gasteiger partial charge on any atom is -0.385 e. The largest absolute Gasteiger partial charge is 0.385 e. The van der Waals surface area contributed by atoms with Crippen LogP contribution >= 0.6 is 0 Å². The summed E-state index contributed by atoms with van der Waals surface area (Å²) < 4.78 is 42.3. The number of nitrogens with one attached hydrogen (secondary N) is 3. The summed E-state index contributed by atoms with van der Waals surface area (Å²) >= 11 is 0. The summed E-state index contributed by atoms with van der Waals surface area (Å²) in [6.07, 6.45) is 6.55. The second-order valence-corrected chi connectivity index (χ2v) is 14.5. The smallest absolute Gasteiger partial charge is 0.216 e. The number of ether oxygens (including phenoxy) is 2. The van der Waals surface area contributed by atoms with Crippen LogP contribution in [0.1, 0.15) is 87.9 Å². The first-order chi connectivity index (χ1) is 18.7. The van der Waals surface area contributed by atoms with Gasteiger partial charge >= 0.3 is 0 Å². The number of rotatable bonds is 8. The maximum absolute atomic E-state index is 13.7. The maximum Gasteiger partial charge on any atom is 0.216 e. The van der Waals surface area contributed by atoms with Crippen molar-refractivity contribution in [3.63, 3.8) is 0 Å². The Morgan fingerprint density at radius 1 is 1.10 bits per heavy atom. The summed E-state index contributed by atoms with van der Waals surface area (Å²) in [5.74, 6) is 0.925. The standard InChI is InChI=1S/C30H52N4O4S/c1-21(2)16-25-20-38-28-18-27(29-22(3)10-8-11-23(29)4)31-30(32-28)33-39(35,36)26-13-9-12-24(17-26)19-34(25)14-6-7-15-37-5/h8,10-11,21,24-28,30-33H,6-7,9,12-20H2,1-5H3/t24?,25-,26?,27?,28?,30?/m1/s1. The molecule has 222 valence electrons. The lowest BCUT2D eigenvalue weighted by Gasteiger charge is -2.40. The quantitative estimate of drug-likeness (QED) is 0.408. The third-order valence-corrected chi connectivity index (χ3v) is 10.7. The van der Waals surface area contributed by atoms with Crippen molar-refractivity contribution in [3.05, 3.63) is 34.9 Å². The molecule has 39 heavy (non-hydrogen) atoms. The van der Waals surface area contributed by atoms with Crippen LogP contribution in [0.4, 0.5) is 0 Å². The first-order valence-corrected chi connectivity index (χ1v) is 16.6. The van der Waals surface area contributed by atoms with Crippen LogP contribution in [-0.4, -0.2) is 70.5 Å². The second kappa shape index (κ2) is 14.2. The molecular formula is C30H52N4O4S. The highest BCUT2D eigenvalue weighted by atomic mass is 32.2. The van der Waals surface area contributed by atoms with Gasteiger partial charge in [0.05, 0.1) is 11.9 Å². The van der Waals surface area contributed by atoms with Crippen molar-refractivity contribution >= 4 is 10.0 Å². The van der Waals surface area contributed by atoms with Crippen molar-refractivity contribution in [2.75, 3.05) is 33.4 Å². The summed E-state index contributed by atoms with van der Waals surface area (Å²) in [5, 5.41) is 6.66. The van der Waals surface area contributed by atoms with Gasteiger partial charge in [0.15, 0.2) is 0 Å². The molecule has 9 heteroatoms. The molecule has 3 aliphatic rings. The molecule has 6 atom stereocenters. The molecule has 4 bridgehead atoms. The van der Waals surface area contributed by atoms with Crippen LogP contribution in [0.3, 0.4) is 0 Å². The fraction of sp³-hybridized carbons (Fsp3) is 0.800. The molecule has 4 rings (SSSR count). The minimum absolute atomic E-state index is 0.0110. The van der Waals surface area contributed by atoms with Crippen LogP contribution in [0, 0.1) is 25.7 Å². The van der Waals surface area contributed by atoms with Gasteiger partial charge < -0.3 is 9.47 Å². The molecule has 3 N–H and O–H groups in total. The Bertz CT molecular complexity index is 1000. The molecule has 0 amide bonds. The Hall–Kier alpha value is -1.07. The fourth-order valence-corrected chi connectivity index (χ4v) is 8.57. The van der Waals surface area contributed by atoms with Gasteiger partial charge in [-0.15, -0.1) is 0 Å². The zero-order valence-electron chi connectivity index (χ0n) is 24.7. The van der Waals surface area contributed by atoms with Crippen LogP contribution in [0.25, 0.3) is 0 Å². The lowest BCUT2D eigenvalue weighted by molar-refractivity contribution is -0.0473. The van der Waals surface area contributed by atoms with Gasteiger partial charge in [-0.1, -0.05) is 38.5 Å². The SMILES string of the molecule is COCCCCN1CC2CCCC(C2)S(=O)(=O)NC2NC(CC(c3c(C)cccc3C)N2)OC[C@H]1CC(C)C. The van der Waals surface area contributed by atoms with E-state index in [0.29, 0.717) is 24.5 Å². The van der Waals surface area contributed by atoms with E-state index in [4.69, 9.17) is 9.47 Å². The molecule has 1 aliphatic carbocycles. The molecular weight excluding hydrogens is 512 g/mol. The average Bonchev–Trinajstić information content (AvgIpc) is 2.88. The van der Waals surface area contributed by atoms with Crippen molar-refractivity contribution in [3.8, 4) is 0 Å². The molecule has 1 aromatic rings. The van der Waals surface area contributed by atoms with Gasteiger partial charge in [0.1, 0.15) is 12.5 Å². The number of methoxy groups -OCH3 is 1. The van der Waals surface area contributed by atoms with E-state index in [1.54, 1.807) is 7.11 Å². The molecule has 0 spiro atoms. The van der Waals surface area contributed by atoms with E-state index in [1.165, 1.54) is 16.7 Å². The third-order valence-electron chi connectivity index (χ3n) is 8.80. The van der Waals surface area contributed by atoms with Crippen molar-refractivity contribution in [1.82, 2.24) is 20.3 Å². The zero-order chi connectivity index (χ0) is 28.0. The number of unbranched alkanes of at least 4 members (excludes halogenated alkanes) is 1. The third kappa shape index (κ3) is 8.47. The van der Waals surface area contributed by atoms with Crippen molar-refractivity contribution < 1.29 is 17.9 Å². The maximum atomic E-state index is 13.7. The Morgan fingerprint density at radius 2 is 1.87 bits per heavy atom. The van der Waals surface area contributed by atoms with Gasteiger partial charge in [0.2, 0.25) is 10.0 Å². The number of sulfonamides is 1. The monoisotopic (exact) mass is 564 g/mol. The van der Waals surface area contributed by atoms with E-state index in [1.807, 2.05) is 0 Å². The molecule has 0 aromatic heterocycles. The Kier molecular flexibility index (Phi) is 11.2. The van der Waals surface area contributed by atoms with Gasteiger partial charge in [-0.25, -0.2) is 8.42 Å². The first kappa shape index (κ1) is 30.9. The number of nitrogens with zero attached hydrogens (tertiary/aromatic N) is 1. The fourth-order valence-electron chi connectivity index (χ4n) is 6.91. The van der Waals surface area contributed by atoms with E-state index in [2.05, 4.69) is 66.1 Å². The lowest BCUT2D eigenvalue weighted by atomic mass is 9.87. The van der Waals surface area contributed by atoms with Crippen LogP contribution in [-0.2, 0) is 19.5 Å². The van der Waals surface area contributed by atoms with Crippen molar-refractivity contribution in [1.29, 1.82) is 0 Å². The van der Waals surface area contributed by atoms with Gasteiger partial charge in [-0.2, -0.15) is 4.72 Å². The number of hydrogen-bond donors (Lipinski definition) is 3. The molecule has 2 heterocycles. The van der Waals surface area contributed by atoms with Crippen molar-refractivity contribution in [2.45, 2.75) is 109 Å². The Labute approximate surface area is 237 Å². The molecule has 1 saturated carbocycles. The van der Waals surface area contributed by atoms with E-state index < -0.39 is 16.3 Å². The van der Waals surface area contributed by atoms with Crippen LogP contribution in [0.5, 0.6) is 0 Å². The number of benzene rings is 1. The minimum atomic E-state index is -3.51. The molecule has 1 aromatic carbocycles. The van der Waals surface area contributed by atoms with Gasteiger partial charge in [-0.3, -0.25) is 15.5 Å². The van der Waals surface area contributed by atoms with E-state index in [-0.39, 0.29) is 17.5 Å². The predicted octanol–water partition coefficient (Wildman–Crippen LogP) is 4.19. The summed E-state index contributed by atoms with van der Waals surface area (Å²) in [4.78, 5) is 2.61. The number of aryl methyl sites for hydroxylation is 2. The van der Waals surface area contributed by atoms with Crippen LogP contribution < -0.4 is 15.4 Å². The second-order valence-electron chi connectivity index (χ2n) is 12.5. The highest BCUT2D eigenvalue weighted by Gasteiger charge is 2.39. The normalized spacial score (nSPS) is 32.3. The van der Waals surface area contributed by atoms with E-state index in [0.717, 1.165) is 71.1 Å². The van der Waals surface area contributed by atoms with Crippen molar-refractivity contribution in [2.24, 2.45) is 11.8 Å². The van der Waals surface area contributed by atoms with Gasteiger partial charge in [0.25, 0.3) is 0 Å². The van der Waals surface area contributed by atoms with E-state index in [9.17, 15) is 8.42 Å². The zero-order valence-corrected chi connectivity index (χ0v) is 25.6. The predicted molar refractivity (Wildman–Crippen MR) is 157 cm³/mol. The molecule has 3 fully saturated rings. The summed E-state index contributed by atoms with van der Waals surface area (Å²) in [7, 11) is -1.75. The van der Waals surface area contributed by atoms with E-state index >= 15 is 0 Å². The van der Waals surface area contributed by atoms with Gasteiger partial charge in [0, 0.05) is 38.8 Å². The lowest BCUT2D eigenvalue weighted by Crippen LogP contribution is -2.64.